The van der Waals surface area contributed by atoms with E-state index in [4.69, 9.17) is 28.9 Å². The third-order valence-electron chi connectivity index (χ3n) is 4.23. The third-order valence-corrected chi connectivity index (χ3v) is 4.84. The highest BCUT2D eigenvalue weighted by molar-refractivity contribution is 6.37. The van der Waals surface area contributed by atoms with Crippen LogP contribution in [0.5, 0.6) is 0 Å². The van der Waals surface area contributed by atoms with Crippen LogP contribution in [0.4, 0.5) is 0 Å². The second-order valence-electron chi connectivity index (χ2n) is 6.05. The van der Waals surface area contributed by atoms with Gasteiger partial charge in [0.2, 0.25) is 5.82 Å². The van der Waals surface area contributed by atoms with Crippen molar-refractivity contribution in [3.05, 3.63) is 39.9 Å². The lowest BCUT2D eigenvalue weighted by atomic mass is 9.92. The zero-order chi connectivity index (χ0) is 17.3. The number of para-hydroxylation sites is 1. The Balaban J connectivity index is 0.00000225. The first kappa shape index (κ1) is 20.0. The molecule has 1 aromatic carbocycles. The number of halogens is 3. The molecule has 1 aliphatic carbocycles. The molecule has 0 bridgehead atoms. The van der Waals surface area contributed by atoms with E-state index in [9.17, 15) is 4.79 Å². The van der Waals surface area contributed by atoms with Gasteiger partial charge in [0, 0.05) is 12.1 Å². The highest BCUT2D eigenvalue weighted by Crippen LogP contribution is 2.28. The number of carbonyl (C=O) groups is 1. The lowest BCUT2D eigenvalue weighted by molar-refractivity contribution is 0.0915. The van der Waals surface area contributed by atoms with Gasteiger partial charge in [-0.25, -0.2) is 9.67 Å². The summed E-state index contributed by atoms with van der Waals surface area (Å²) in [6.45, 7) is 1.75. The zero-order valence-electron chi connectivity index (χ0n) is 13.7. The van der Waals surface area contributed by atoms with E-state index in [1.807, 2.05) is 0 Å². The maximum Gasteiger partial charge on any atom is 0.291 e. The highest BCUT2D eigenvalue weighted by atomic mass is 35.5. The van der Waals surface area contributed by atoms with E-state index < -0.39 is 0 Å². The average molecular weight is 405 g/mol. The molecule has 0 atom stereocenters. The Morgan fingerprint density at radius 2 is 1.84 bits per heavy atom. The fourth-order valence-electron chi connectivity index (χ4n) is 2.90. The van der Waals surface area contributed by atoms with Crippen molar-refractivity contribution in [1.82, 2.24) is 20.1 Å². The van der Waals surface area contributed by atoms with E-state index in [2.05, 4.69) is 15.4 Å². The molecule has 0 spiro atoms. The first-order chi connectivity index (χ1) is 11.5. The van der Waals surface area contributed by atoms with Gasteiger partial charge in [-0.1, -0.05) is 29.3 Å². The van der Waals surface area contributed by atoms with Crippen LogP contribution in [0.1, 0.15) is 42.1 Å². The molecule has 2 aromatic rings. The van der Waals surface area contributed by atoms with E-state index >= 15 is 0 Å². The first-order valence-electron chi connectivity index (χ1n) is 7.90. The fraction of sp³-hybridized carbons (Fsp3) is 0.438. The molecule has 0 aliphatic heterocycles. The number of benzene rings is 1. The molecule has 3 N–H and O–H groups in total. The number of nitrogens with one attached hydrogen (secondary N) is 1. The quantitative estimate of drug-likeness (QED) is 0.822. The van der Waals surface area contributed by atoms with Crippen molar-refractivity contribution in [3.8, 4) is 5.69 Å². The van der Waals surface area contributed by atoms with Gasteiger partial charge in [-0.3, -0.25) is 4.79 Å². The van der Waals surface area contributed by atoms with Crippen LogP contribution in [-0.4, -0.2) is 32.8 Å². The Hall–Kier alpha value is -1.34. The van der Waals surface area contributed by atoms with Crippen LogP contribution in [0.3, 0.4) is 0 Å². The Bertz CT molecular complexity index is 736. The van der Waals surface area contributed by atoms with Crippen molar-refractivity contribution in [1.29, 1.82) is 0 Å². The molecule has 1 saturated carbocycles. The minimum Gasteiger partial charge on any atom is -0.347 e. The van der Waals surface area contributed by atoms with E-state index in [-0.39, 0.29) is 36.2 Å². The number of carbonyl (C=O) groups excluding carboxylic acids is 1. The van der Waals surface area contributed by atoms with Crippen molar-refractivity contribution in [2.24, 2.45) is 5.73 Å². The number of rotatable bonds is 3. The molecule has 1 aromatic heterocycles. The van der Waals surface area contributed by atoms with Crippen LogP contribution in [0.15, 0.2) is 18.2 Å². The predicted molar refractivity (Wildman–Crippen MR) is 101 cm³/mol. The van der Waals surface area contributed by atoms with Crippen molar-refractivity contribution >= 4 is 41.5 Å². The molecule has 0 saturated heterocycles. The summed E-state index contributed by atoms with van der Waals surface area (Å²) in [5, 5.41) is 8.16. The molecule has 0 radical (unpaired) electrons. The molecule has 0 unspecified atom stereocenters. The van der Waals surface area contributed by atoms with Gasteiger partial charge in [-0.15, -0.1) is 17.5 Å². The lowest BCUT2D eigenvalue weighted by Crippen LogP contribution is -2.40. The number of aryl methyl sites for hydroxylation is 1. The van der Waals surface area contributed by atoms with Crippen LogP contribution >= 0.6 is 35.6 Å². The normalized spacial score (nSPS) is 20.0. The van der Waals surface area contributed by atoms with Crippen LogP contribution in [0.2, 0.25) is 10.0 Å². The molecule has 1 fully saturated rings. The van der Waals surface area contributed by atoms with Gasteiger partial charge < -0.3 is 11.1 Å². The van der Waals surface area contributed by atoms with E-state index in [0.717, 1.165) is 25.7 Å². The topological polar surface area (TPSA) is 85.8 Å². The molecular weight excluding hydrogens is 385 g/mol. The van der Waals surface area contributed by atoms with Crippen LogP contribution < -0.4 is 11.1 Å². The number of nitrogens with zero attached hydrogens (tertiary/aromatic N) is 3. The van der Waals surface area contributed by atoms with Crippen molar-refractivity contribution in [2.45, 2.75) is 44.7 Å². The minimum atomic E-state index is -0.291. The summed E-state index contributed by atoms with van der Waals surface area (Å²) in [5.41, 5.74) is 6.41. The summed E-state index contributed by atoms with van der Waals surface area (Å²) in [4.78, 5) is 16.7. The number of aromatic nitrogens is 3. The molecule has 25 heavy (non-hydrogen) atoms. The monoisotopic (exact) mass is 403 g/mol. The van der Waals surface area contributed by atoms with Crippen LogP contribution in [-0.2, 0) is 0 Å². The lowest BCUT2D eigenvalue weighted by Gasteiger charge is -2.26. The summed E-state index contributed by atoms with van der Waals surface area (Å²) in [6.07, 6.45) is 3.59. The summed E-state index contributed by atoms with van der Waals surface area (Å²) in [6, 6.07) is 5.54. The van der Waals surface area contributed by atoms with Gasteiger partial charge in [-0.05, 0) is 44.7 Å². The van der Waals surface area contributed by atoms with Crippen molar-refractivity contribution in [2.75, 3.05) is 0 Å². The van der Waals surface area contributed by atoms with Gasteiger partial charge >= 0.3 is 0 Å². The fourth-order valence-corrected chi connectivity index (χ4v) is 3.46. The smallest absolute Gasteiger partial charge is 0.291 e. The van der Waals surface area contributed by atoms with Crippen molar-refractivity contribution < 1.29 is 4.79 Å². The Kier molecular flexibility index (Phi) is 6.68. The van der Waals surface area contributed by atoms with Gasteiger partial charge in [0.1, 0.15) is 11.5 Å². The number of amides is 1. The molecule has 6 nitrogen and oxygen atoms in total. The average Bonchev–Trinajstić information content (AvgIpc) is 2.91. The van der Waals surface area contributed by atoms with Gasteiger partial charge in [0.15, 0.2) is 0 Å². The van der Waals surface area contributed by atoms with Gasteiger partial charge in [-0.2, -0.15) is 0 Å². The molecule has 1 heterocycles. The predicted octanol–water partition coefficient (Wildman–Crippen LogP) is 3.30. The minimum absolute atomic E-state index is 0. The molecule has 9 heteroatoms. The third kappa shape index (κ3) is 4.44. The molecule has 136 valence electrons. The first-order valence-corrected chi connectivity index (χ1v) is 8.66. The highest BCUT2D eigenvalue weighted by Gasteiger charge is 2.23. The Morgan fingerprint density at radius 1 is 1.24 bits per heavy atom. The van der Waals surface area contributed by atoms with Gasteiger partial charge in [0.05, 0.1) is 10.0 Å². The number of nitrogens with two attached hydrogens (primary N) is 1. The second kappa shape index (κ2) is 8.36. The Labute approximate surface area is 162 Å². The molecular formula is C16H20Cl3N5O. The van der Waals surface area contributed by atoms with Crippen LogP contribution in [0, 0.1) is 6.92 Å². The van der Waals surface area contributed by atoms with E-state index in [1.54, 1.807) is 25.1 Å². The standard InChI is InChI=1S/C16H19Cl2N5O.ClH/c1-9-20-15(16(24)21-11-7-5-10(19)6-8-11)22-23(9)14-12(17)3-2-4-13(14)18;/h2-4,10-11H,5-8,19H2,1H3,(H,21,24);1H. The van der Waals surface area contributed by atoms with Crippen molar-refractivity contribution in [3.63, 3.8) is 0 Å². The molecule has 1 aliphatic rings. The molecule has 1 amide bonds. The summed E-state index contributed by atoms with van der Waals surface area (Å²) in [5.74, 6) is 0.361. The van der Waals surface area contributed by atoms with Gasteiger partial charge in [0.25, 0.3) is 5.91 Å². The second-order valence-corrected chi connectivity index (χ2v) is 6.86. The summed E-state index contributed by atoms with van der Waals surface area (Å²) >= 11 is 12.4. The van der Waals surface area contributed by atoms with E-state index in [1.165, 1.54) is 4.68 Å². The number of hydrogen-bond acceptors (Lipinski definition) is 4. The Morgan fingerprint density at radius 3 is 2.44 bits per heavy atom. The number of hydrogen-bond donors (Lipinski definition) is 2. The maximum atomic E-state index is 12.4. The maximum absolute atomic E-state index is 12.4. The summed E-state index contributed by atoms with van der Waals surface area (Å²) in [7, 11) is 0. The SMILES string of the molecule is Cc1nc(C(=O)NC2CCC(N)CC2)nn1-c1c(Cl)cccc1Cl.Cl. The summed E-state index contributed by atoms with van der Waals surface area (Å²) < 4.78 is 1.50. The van der Waals surface area contributed by atoms with Crippen LogP contribution in [0.25, 0.3) is 5.69 Å². The molecule has 3 rings (SSSR count). The van der Waals surface area contributed by atoms with E-state index in [0.29, 0.717) is 21.6 Å². The largest absolute Gasteiger partial charge is 0.347 e. The zero-order valence-corrected chi connectivity index (χ0v) is 16.0.